The van der Waals surface area contributed by atoms with Crippen molar-refractivity contribution in [1.82, 2.24) is 21.3 Å². The molecule has 0 aliphatic carbocycles. The van der Waals surface area contributed by atoms with Gasteiger partial charge in [0.05, 0.1) is 12.0 Å². The van der Waals surface area contributed by atoms with Crippen molar-refractivity contribution in [3.05, 3.63) is 24.8 Å². The second kappa shape index (κ2) is 27.4. The van der Waals surface area contributed by atoms with E-state index in [0.29, 0.717) is 31.6 Å². The topological polar surface area (TPSA) is 140 Å². The minimum atomic E-state index is -0.278. The van der Waals surface area contributed by atoms with Crippen LogP contribution in [0.25, 0.3) is 0 Å². The van der Waals surface area contributed by atoms with E-state index in [1.807, 2.05) is 12.2 Å². The molecule has 40 heavy (non-hydrogen) atoms. The molecule has 9 nitrogen and oxygen atoms in total. The van der Waals surface area contributed by atoms with Crippen LogP contribution in [0.4, 0.5) is 0 Å². The van der Waals surface area contributed by atoms with Gasteiger partial charge in [-0.3, -0.25) is 19.2 Å². The molecule has 0 fully saturated rings. The lowest BCUT2D eigenvalue weighted by Crippen LogP contribution is -2.21. The molecule has 0 aliphatic heterocycles. The average molecular weight is 562 g/mol. The maximum atomic E-state index is 11.3. The number of hydrogen-bond donors (Lipinski definition) is 4. The second-order valence-corrected chi connectivity index (χ2v) is 9.97. The smallest absolute Gasteiger partial charge is 0.221 e. The molecule has 0 bridgehead atoms. The molecule has 4 N–H and O–H groups in total. The molecular weight excluding hydrogens is 506 g/mol. The zero-order valence-corrected chi connectivity index (χ0v) is 25.7. The summed E-state index contributed by atoms with van der Waals surface area (Å²) in [6, 6.07) is 2.19. The van der Waals surface area contributed by atoms with Crippen LogP contribution in [0.2, 0.25) is 0 Å². The first kappa shape index (κ1) is 39.0. The van der Waals surface area contributed by atoms with E-state index < -0.39 is 0 Å². The molecule has 0 saturated carbocycles. The lowest BCUT2D eigenvalue weighted by atomic mass is 9.89. The molecule has 0 saturated heterocycles. The van der Waals surface area contributed by atoms with Gasteiger partial charge in [-0.15, -0.1) is 6.58 Å². The van der Waals surface area contributed by atoms with Crippen molar-refractivity contribution in [3.63, 3.8) is 0 Å². The number of amides is 4. The summed E-state index contributed by atoms with van der Waals surface area (Å²) in [7, 11) is 6.57. The van der Waals surface area contributed by atoms with Gasteiger partial charge in [0.15, 0.2) is 0 Å². The molecule has 4 amide bonds. The van der Waals surface area contributed by atoms with Crippen LogP contribution in [0.3, 0.4) is 0 Å². The highest BCUT2D eigenvalue weighted by atomic mass is 16.2. The van der Waals surface area contributed by atoms with Crippen LogP contribution >= 0.6 is 0 Å². The lowest BCUT2D eigenvalue weighted by molar-refractivity contribution is -0.122. The first-order valence-electron chi connectivity index (χ1n) is 14.7. The highest BCUT2D eigenvalue weighted by Crippen LogP contribution is 2.21. The quantitative estimate of drug-likeness (QED) is 0.120. The number of carbonyl (C=O) groups is 4. The number of rotatable bonds is 21. The highest BCUT2D eigenvalue weighted by molar-refractivity contribution is 5.76. The van der Waals surface area contributed by atoms with Gasteiger partial charge in [-0.05, 0) is 50.4 Å². The van der Waals surface area contributed by atoms with Crippen molar-refractivity contribution >= 4 is 23.6 Å². The molecule has 0 aliphatic rings. The SMILES string of the molecule is C=CC(CC/C=C/CCC(=O)NC)CC(C#N)CC(=O)NC.CCC(CCCCCCC(=O)NC)CC(=O)NC. The van der Waals surface area contributed by atoms with E-state index in [9.17, 15) is 19.2 Å². The largest absolute Gasteiger partial charge is 0.359 e. The first-order chi connectivity index (χ1) is 19.2. The monoisotopic (exact) mass is 561 g/mol. The van der Waals surface area contributed by atoms with Crippen LogP contribution in [-0.2, 0) is 19.2 Å². The van der Waals surface area contributed by atoms with E-state index in [1.165, 1.54) is 0 Å². The number of nitrogens with zero attached hydrogens (tertiary/aromatic N) is 1. The zero-order chi connectivity index (χ0) is 30.6. The van der Waals surface area contributed by atoms with Gasteiger partial charge in [0.25, 0.3) is 0 Å². The highest BCUT2D eigenvalue weighted by Gasteiger charge is 2.16. The molecule has 0 spiro atoms. The molecule has 0 radical (unpaired) electrons. The second-order valence-electron chi connectivity index (χ2n) is 9.97. The van der Waals surface area contributed by atoms with Crippen molar-refractivity contribution in [3.8, 4) is 6.07 Å². The number of hydrogen-bond acceptors (Lipinski definition) is 5. The van der Waals surface area contributed by atoms with Crippen molar-refractivity contribution in [2.45, 2.75) is 96.8 Å². The minimum Gasteiger partial charge on any atom is -0.359 e. The van der Waals surface area contributed by atoms with Crippen molar-refractivity contribution < 1.29 is 19.2 Å². The van der Waals surface area contributed by atoms with Crippen LogP contribution < -0.4 is 21.3 Å². The summed E-state index contributed by atoms with van der Waals surface area (Å²) in [6.07, 6.45) is 17.6. The molecule has 0 aromatic rings. The van der Waals surface area contributed by atoms with Gasteiger partial charge in [0, 0.05) is 53.9 Å². The maximum absolute atomic E-state index is 11.3. The van der Waals surface area contributed by atoms with Crippen LogP contribution in [0.5, 0.6) is 0 Å². The maximum Gasteiger partial charge on any atom is 0.221 e. The summed E-state index contributed by atoms with van der Waals surface area (Å²) in [4.78, 5) is 44.6. The Hall–Kier alpha value is -3.15. The summed E-state index contributed by atoms with van der Waals surface area (Å²) < 4.78 is 0. The summed E-state index contributed by atoms with van der Waals surface area (Å²) >= 11 is 0. The third-order valence-corrected chi connectivity index (χ3v) is 6.88. The number of nitriles is 1. The van der Waals surface area contributed by atoms with Gasteiger partial charge in [0.2, 0.25) is 23.6 Å². The van der Waals surface area contributed by atoms with E-state index in [1.54, 1.807) is 28.2 Å². The van der Waals surface area contributed by atoms with Gasteiger partial charge in [-0.1, -0.05) is 50.8 Å². The van der Waals surface area contributed by atoms with Crippen LogP contribution in [0.1, 0.15) is 96.8 Å². The molecule has 0 heterocycles. The van der Waals surface area contributed by atoms with Gasteiger partial charge in [-0.2, -0.15) is 5.26 Å². The summed E-state index contributed by atoms with van der Waals surface area (Å²) in [6.45, 7) is 5.95. The fourth-order valence-electron chi connectivity index (χ4n) is 4.10. The molecule has 3 atom stereocenters. The number of nitrogens with one attached hydrogen (secondary N) is 4. The van der Waals surface area contributed by atoms with E-state index in [0.717, 1.165) is 57.8 Å². The van der Waals surface area contributed by atoms with Crippen LogP contribution in [-0.4, -0.2) is 51.8 Å². The Labute approximate surface area is 243 Å². The lowest BCUT2D eigenvalue weighted by Gasteiger charge is -2.15. The van der Waals surface area contributed by atoms with Crippen LogP contribution in [0.15, 0.2) is 24.8 Å². The Morgan fingerprint density at radius 1 is 0.750 bits per heavy atom. The van der Waals surface area contributed by atoms with Gasteiger partial charge in [-0.25, -0.2) is 0 Å². The Kier molecular flexibility index (Phi) is 26.7. The fourth-order valence-corrected chi connectivity index (χ4v) is 4.10. The Morgan fingerprint density at radius 3 is 1.85 bits per heavy atom. The van der Waals surface area contributed by atoms with E-state index in [-0.39, 0.29) is 41.9 Å². The van der Waals surface area contributed by atoms with Crippen molar-refractivity contribution in [2.24, 2.45) is 17.8 Å². The van der Waals surface area contributed by atoms with Crippen LogP contribution in [0, 0.1) is 29.1 Å². The number of allylic oxidation sites excluding steroid dienone is 3. The summed E-state index contributed by atoms with van der Waals surface area (Å²) in [5.74, 6) is 0.646. The predicted molar refractivity (Wildman–Crippen MR) is 162 cm³/mol. The fraction of sp³-hybridized carbons (Fsp3) is 0.710. The number of unbranched alkanes of at least 4 members (excludes halogenated alkanes) is 3. The zero-order valence-electron chi connectivity index (χ0n) is 25.7. The molecule has 9 heteroatoms. The standard InChI is InChI=1S/C17H27N3O2.C14H28N2O2/c1-4-14(11-15(13-18)12-17(22)20-3)9-7-5-6-8-10-16(21)19-2;1-4-12(11-14(18)16-3)9-7-5-6-8-10-13(17)15-2/h4-6,14-15H,1,7-12H2,2-3H3,(H,19,21)(H,20,22);12H,4-11H2,1-3H3,(H,15,17)(H,16,18)/b6-5+;. The first-order valence-corrected chi connectivity index (χ1v) is 14.7. The number of carbonyl (C=O) groups excluding carboxylic acids is 4. The van der Waals surface area contributed by atoms with Gasteiger partial charge >= 0.3 is 0 Å². The Morgan fingerprint density at radius 2 is 1.30 bits per heavy atom. The molecule has 3 unspecified atom stereocenters. The molecule has 0 aromatic carbocycles. The minimum absolute atomic E-state index is 0.0414. The average Bonchev–Trinajstić information content (AvgIpc) is 2.98. The van der Waals surface area contributed by atoms with Gasteiger partial charge < -0.3 is 21.3 Å². The van der Waals surface area contributed by atoms with E-state index in [4.69, 9.17) is 5.26 Å². The molecular formula is C31H55N5O4. The van der Waals surface area contributed by atoms with Crippen molar-refractivity contribution in [2.75, 3.05) is 28.2 Å². The Bertz CT molecular complexity index is 791. The summed E-state index contributed by atoms with van der Waals surface area (Å²) in [5.41, 5.74) is 0. The van der Waals surface area contributed by atoms with Gasteiger partial charge in [0.1, 0.15) is 0 Å². The third kappa shape index (κ3) is 23.9. The Balaban J connectivity index is 0. The molecule has 0 aromatic heterocycles. The predicted octanol–water partition coefficient (Wildman–Crippen LogP) is 4.55. The third-order valence-electron chi connectivity index (χ3n) is 6.88. The summed E-state index contributed by atoms with van der Waals surface area (Å²) in [5, 5.41) is 19.5. The molecule has 228 valence electrons. The van der Waals surface area contributed by atoms with E-state index >= 15 is 0 Å². The molecule has 0 rings (SSSR count). The van der Waals surface area contributed by atoms with E-state index in [2.05, 4.69) is 46.9 Å². The normalized spacial score (nSPS) is 12.6. The van der Waals surface area contributed by atoms with Crippen molar-refractivity contribution in [1.29, 1.82) is 5.26 Å².